The zero-order chi connectivity index (χ0) is 14.5. The van der Waals surface area contributed by atoms with Gasteiger partial charge in [-0.15, -0.1) is 0 Å². The average molecular weight is 304 g/mol. The first kappa shape index (κ1) is 15.9. The van der Waals surface area contributed by atoms with Crippen molar-refractivity contribution >= 4 is 34.1 Å². The van der Waals surface area contributed by atoms with Crippen LogP contribution >= 0.6 is 11.6 Å². The van der Waals surface area contributed by atoms with E-state index < -0.39 is 10.8 Å². The van der Waals surface area contributed by atoms with Gasteiger partial charge in [-0.1, -0.05) is 11.6 Å². The molecule has 1 aromatic heterocycles. The van der Waals surface area contributed by atoms with E-state index in [1.54, 1.807) is 12.1 Å². The molecule has 106 valence electrons. The summed E-state index contributed by atoms with van der Waals surface area (Å²) in [6.45, 7) is 6.07. The minimum Gasteiger partial charge on any atom is -0.337 e. The van der Waals surface area contributed by atoms with Crippen LogP contribution < -0.4 is 10.6 Å². The molecule has 5 nitrogen and oxygen atoms in total. The largest absolute Gasteiger partial charge is 0.337 e. The van der Waals surface area contributed by atoms with Crippen molar-refractivity contribution < 1.29 is 9.00 Å². The molecule has 0 fully saturated rings. The maximum Gasteiger partial charge on any atom is 0.319 e. The summed E-state index contributed by atoms with van der Waals surface area (Å²) in [5.74, 6) is 0.426. The van der Waals surface area contributed by atoms with Gasteiger partial charge >= 0.3 is 6.03 Å². The van der Waals surface area contributed by atoms with Crippen molar-refractivity contribution in [3.8, 4) is 0 Å². The molecule has 0 radical (unpaired) electrons. The summed E-state index contributed by atoms with van der Waals surface area (Å²) in [6, 6.07) is 2.89. The van der Waals surface area contributed by atoms with Gasteiger partial charge in [0.05, 0.1) is 11.9 Å². The monoisotopic (exact) mass is 303 g/mol. The first-order chi connectivity index (χ1) is 8.79. The number of urea groups is 1. The van der Waals surface area contributed by atoms with Crippen LogP contribution in [0.2, 0.25) is 5.15 Å². The van der Waals surface area contributed by atoms with Gasteiger partial charge in [0.15, 0.2) is 0 Å². The number of hydrogen-bond acceptors (Lipinski definition) is 3. The fourth-order valence-corrected chi connectivity index (χ4v) is 2.20. The molecule has 0 aliphatic carbocycles. The van der Waals surface area contributed by atoms with Crippen LogP contribution in [-0.2, 0) is 10.8 Å². The third kappa shape index (κ3) is 6.02. The van der Waals surface area contributed by atoms with Crippen LogP contribution in [0.3, 0.4) is 0 Å². The number of pyridine rings is 1. The number of hydrogen-bond donors (Lipinski definition) is 2. The lowest BCUT2D eigenvalue weighted by Gasteiger charge is -2.17. The number of nitrogens with one attached hydrogen (secondary N) is 2. The second-order valence-electron chi connectivity index (χ2n) is 4.91. The summed E-state index contributed by atoms with van der Waals surface area (Å²) in [6.07, 6.45) is 1.47. The molecule has 7 heteroatoms. The number of aromatic nitrogens is 1. The summed E-state index contributed by atoms with van der Waals surface area (Å²) < 4.78 is 11.5. The first-order valence-corrected chi connectivity index (χ1v) is 7.53. The second-order valence-corrected chi connectivity index (χ2v) is 7.62. The summed E-state index contributed by atoms with van der Waals surface area (Å²) in [5, 5.41) is 5.62. The van der Waals surface area contributed by atoms with Crippen LogP contribution in [0.1, 0.15) is 20.8 Å². The number of carbonyl (C=O) groups is 1. The predicted octanol–water partition coefficient (Wildman–Crippen LogP) is 2.40. The summed E-state index contributed by atoms with van der Waals surface area (Å²) in [5.41, 5.74) is 0.554. The van der Waals surface area contributed by atoms with Crippen molar-refractivity contribution in [3.63, 3.8) is 0 Å². The Hall–Kier alpha value is -1.14. The quantitative estimate of drug-likeness (QED) is 0.839. The molecule has 1 aromatic rings. The summed E-state index contributed by atoms with van der Waals surface area (Å²) >= 11 is 5.64. The van der Waals surface area contributed by atoms with E-state index in [2.05, 4.69) is 15.6 Å². The zero-order valence-corrected chi connectivity index (χ0v) is 12.8. The van der Waals surface area contributed by atoms with Gasteiger partial charge in [-0.25, -0.2) is 9.78 Å². The summed E-state index contributed by atoms with van der Waals surface area (Å²) in [7, 11) is -0.976. The van der Waals surface area contributed by atoms with Gasteiger partial charge in [0.2, 0.25) is 0 Å². The SMILES string of the molecule is CC(C)(C)[S@@](=O)CCNC(=O)Nc1ccc(Cl)nc1. The van der Waals surface area contributed by atoms with Crippen molar-refractivity contribution in [1.29, 1.82) is 0 Å². The van der Waals surface area contributed by atoms with E-state index in [1.807, 2.05) is 20.8 Å². The molecule has 1 heterocycles. The highest BCUT2D eigenvalue weighted by Gasteiger charge is 2.18. The highest BCUT2D eigenvalue weighted by Crippen LogP contribution is 2.11. The van der Waals surface area contributed by atoms with Gasteiger partial charge in [-0.05, 0) is 32.9 Å². The first-order valence-electron chi connectivity index (χ1n) is 5.84. The molecule has 1 rings (SSSR count). The topological polar surface area (TPSA) is 71.1 Å². The van der Waals surface area contributed by atoms with Crippen molar-refractivity contribution in [3.05, 3.63) is 23.5 Å². The Bertz CT molecular complexity index is 457. The molecule has 0 aliphatic rings. The molecule has 0 bridgehead atoms. The number of rotatable bonds is 4. The molecule has 2 amide bonds. The number of nitrogens with zero attached hydrogens (tertiary/aromatic N) is 1. The van der Waals surface area contributed by atoms with Crippen molar-refractivity contribution in [1.82, 2.24) is 10.3 Å². The van der Waals surface area contributed by atoms with Gasteiger partial charge in [0.25, 0.3) is 0 Å². The third-order valence-electron chi connectivity index (χ3n) is 2.24. The van der Waals surface area contributed by atoms with Gasteiger partial charge < -0.3 is 10.6 Å². The fraction of sp³-hybridized carbons (Fsp3) is 0.500. The van der Waals surface area contributed by atoms with E-state index in [4.69, 9.17) is 11.6 Å². The molecule has 19 heavy (non-hydrogen) atoms. The van der Waals surface area contributed by atoms with E-state index in [0.29, 0.717) is 23.1 Å². The van der Waals surface area contributed by atoms with E-state index in [0.717, 1.165) is 0 Å². The lowest BCUT2D eigenvalue weighted by atomic mass is 10.3. The van der Waals surface area contributed by atoms with E-state index in [9.17, 15) is 9.00 Å². The van der Waals surface area contributed by atoms with Crippen LogP contribution in [-0.4, -0.2) is 32.3 Å². The number of amides is 2. The maximum atomic E-state index is 11.8. The van der Waals surface area contributed by atoms with E-state index in [1.165, 1.54) is 6.20 Å². The minimum absolute atomic E-state index is 0.266. The Labute approximate surface area is 120 Å². The number of carbonyl (C=O) groups excluding carboxylic acids is 1. The van der Waals surface area contributed by atoms with Crippen LogP contribution in [0.5, 0.6) is 0 Å². The molecule has 0 saturated carbocycles. The van der Waals surface area contributed by atoms with Crippen molar-refractivity contribution in [2.24, 2.45) is 0 Å². The third-order valence-corrected chi connectivity index (χ3v) is 4.41. The van der Waals surface area contributed by atoms with Gasteiger partial charge in [-0.3, -0.25) is 4.21 Å². The molecule has 0 saturated heterocycles. The molecule has 0 aromatic carbocycles. The molecule has 0 spiro atoms. The number of halogens is 1. The fourth-order valence-electron chi connectivity index (χ4n) is 1.19. The molecule has 0 aliphatic heterocycles. The van der Waals surface area contributed by atoms with Gasteiger partial charge in [0, 0.05) is 27.8 Å². The highest BCUT2D eigenvalue weighted by molar-refractivity contribution is 7.86. The Balaban J connectivity index is 2.33. The van der Waals surface area contributed by atoms with E-state index >= 15 is 0 Å². The minimum atomic E-state index is -0.976. The van der Waals surface area contributed by atoms with Crippen molar-refractivity contribution in [2.45, 2.75) is 25.5 Å². The standard InChI is InChI=1S/C12H18ClN3O2S/c1-12(2,3)19(18)7-6-14-11(17)16-9-4-5-10(13)15-8-9/h4-5,8H,6-7H2,1-3H3,(H2,14,16,17)/t19-/m0/s1. The second kappa shape index (κ2) is 6.86. The van der Waals surface area contributed by atoms with Gasteiger partial charge in [0.1, 0.15) is 5.15 Å². The smallest absolute Gasteiger partial charge is 0.319 e. The highest BCUT2D eigenvalue weighted by atomic mass is 35.5. The Kier molecular flexibility index (Phi) is 5.75. The number of anilines is 1. The normalized spacial score (nSPS) is 12.8. The molecule has 2 N–H and O–H groups in total. The van der Waals surface area contributed by atoms with Crippen LogP contribution in [0, 0.1) is 0 Å². The average Bonchev–Trinajstić information content (AvgIpc) is 2.31. The predicted molar refractivity (Wildman–Crippen MR) is 79.0 cm³/mol. The van der Waals surface area contributed by atoms with Crippen LogP contribution in [0.4, 0.5) is 10.5 Å². The Morgan fingerprint density at radius 3 is 2.63 bits per heavy atom. The van der Waals surface area contributed by atoms with Gasteiger partial charge in [-0.2, -0.15) is 0 Å². The Morgan fingerprint density at radius 2 is 2.11 bits per heavy atom. The van der Waals surface area contributed by atoms with Crippen LogP contribution in [0.25, 0.3) is 0 Å². The van der Waals surface area contributed by atoms with Crippen LogP contribution in [0.15, 0.2) is 18.3 Å². The molecule has 1 atom stereocenters. The Morgan fingerprint density at radius 1 is 1.42 bits per heavy atom. The van der Waals surface area contributed by atoms with E-state index in [-0.39, 0.29) is 10.8 Å². The summed E-state index contributed by atoms with van der Waals surface area (Å²) in [4.78, 5) is 15.4. The lowest BCUT2D eigenvalue weighted by molar-refractivity contribution is 0.252. The molecular weight excluding hydrogens is 286 g/mol. The van der Waals surface area contributed by atoms with Crippen molar-refractivity contribution in [2.75, 3.05) is 17.6 Å². The molecule has 0 unspecified atom stereocenters. The maximum absolute atomic E-state index is 11.8. The molecular formula is C12H18ClN3O2S. The lowest BCUT2D eigenvalue weighted by Crippen LogP contribution is -2.35. The zero-order valence-electron chi connectivity index (χ0n) is 11.2.